The predicted molar refractivity (Wildman–Crippen MR) is 93.6 cm³/mol. The van der Waals surface area contributed by atoms with Crippen LogP contribution >= 0.6 is 11.9 Å². The van der Waals surface area contributed by atoms with Gasteiger partial charge in [0.25, 0.3) is 0 Å². The highest BCUT2D eigenvalue weighted by Crippen LogP contribution is 2.30. The monoisotopic (exact) mass is 312 g/mol. The molecular formula is C17H20N4S. The van der Waals surface area contributed by atoms with Gasteiger partial charge in [-0.3, -0.25) is 5.14 Å². The Morgan fingerprint density at radius 3 is 2.95 bits per heavy atom. The number of hydrogen-bond donors (Lipinski definition) is 2. The summed E-state index contributed by atoms with van der Waals surface area (Å²) in [5, 5.41) is 9.22. The number of allylic oxidation sites excluding steroid dienone is 2. The number of aryl methyl sites for hydroxylation is 1. The molecule has 1 heterocycles. The number of rotatable bonds is 5. The Hall–Kier alpha value is -1.98. The summed E-state index contributed by atoms with van der Waals surface area (Å²) in [7, 11) is 1.97. The lowest BCUT2D eigenvalue weighted by Gasteiger charge is -2.14. The van der Waals surface area contributed by atoms with E-state index in [9.17, 15) is 0 Å². The number of nitrogens with one attached hydrogen (secondary N) is 1. The number of anilines is 1. The molecule has 1 aliphatic carbocycles. The number of nitrogens with two attached hydrogens (primary N) is 1. The third kappa shape index (κ3) is 3.43. The molecule has 22 heavy (non-hydrogen) atoms. The maximum atomic E-state index is 5.70. The Morgan fingerprint density at radius 1 is 1.36 bits per heavy atom. The lowest BCUT2D eigenvalue weighted by Crippen LogP contribution is -2.06. The minimum Gasteiger partial charge on any atom is -0.380 e. The normalized spacial score (nSPS) is 14.0. The molecule has 0 atom stereocenters. The van der Waals surface area contributed by atoms with Crippen molar-refractivity contribution in [3.05, 3.63) is 54.5 Å². The minimum atomic E-state index is 0.825. The van der Waals surface area contributed by atoms with E-state index in [1.54, 1.807) is 0 Å². The first-order chi connectivity index (χ1) is 10.8. The molecule has 4 nitrogen and oxygen atoms in total. The van der Waals surface area contributed by atoms with Gasteiger partial charge in [0.1, 0.15) is 0 Å². The summed E-state index contributed by atoms with van der Waals surface area (Å²) in [5.41, 5.74) is 4.44. The molecule has 0 fully saturated rings. The molecule has 5 heteroatoms. The quantitative estimate of drug-likeness (QED) is 0.826. The molecule has 1 aliphatic rings. The fourth-order valence-corrected chi connectivity index (χ4v) is 2.84. The molecule has 1 aromatic heterocycles. The van der Waals surface area contributed by atoms with Gasteiger partial charge in [-0.1, -0.05) is 18.2 Å². The first-order valence-corrected chi connectivity index (χ1v) is 8.23. The Balaban J connectivity index is 1.86. The minimum absolute atomic E-state index is 0.825. The van der Waals surface area contributed by atoms with Crippen molar-refractivity contribution >= 4 is 17.6 Å². The third-order valence-corrected chi connectivity index (χ3v) is 4.19. The highest BCUT2D eigenvalue weighted by molar-refractivity contribution is 7.97. The van der Waals surface area contributed by atoms with Gasteiger partial charge in [0.15, 0.2) is 0 Å². The van der Waals surface area contributed by atoms with Gasteiger partial charge in [-0.15, -0.1) is 0 Å². The number of nitrogens with zero attached hydrogens (tertiary/aromatic N) is 2. The molecule has 0 saturated carbocycles. The van der Waals surface area contributed by atoms with E-state index in [1.807, 2.05) is 30.2 Å². The summed E-state index contributed by atoms with van der Waals surface area (Å²) in [6.07, 6.45) is 12.8. The zero-order valence-corrected chi connectivity index (χ0v) is 13.4. The van der Waals surface area contributed by atoms with Crippen molar-refractivity contribution in [2.24, 2.45) is 12.2 Å². The van der Waals surface area contributed by atoms with Crippen LogP contribution in [0.5, 0.6) is 0 Å². The van der Waals surface area contributed by atoms with Crippen molar-refractivity contribution in [1.82, 2.24) is 9.55 Å². The van der Waals surface area contributed by atoms with Crippen LogP contribution in [-0.4, -0.2) is 16.1 Å². The Labute approximate surface area is 135 Å². The van der Waals surface area contributed by atoms with E-state index >= 15 is 0 Å². The summed E-state index contributed by atoms with van der Waals surface area (Å²) in [6, 6.07) is 6.19. The molecule has 0 saturated heterocycles. The van der Waals surface area contributed by atoms with E-state index in [0.717, 1.165) is 41.2 Å². The first-order valence-electron chi connectivity index (χ1n) is 7.35. The molecule has 3 rings (SSSR count). The number of aromatic nitrogens is 2. The van der Waals surface area contributed by atoms with Crippen LogP contribution in [0.2, 0.25) is 0 Å². The molecule has 0 radical (unpaired) electrons. The molecule has 0 spiro atoms. The third-order valence-electron chi connectivity index (χ3n) is 3.66. The summed E-state index contributed by atoms with van der Waals surface area (Å²) < 4.78 is 1.95. The van der Waals surface area contributed by atoms with Crippen molar-refractivity contribution in [1.29, 1.82) is 0 Å². The van der Waals surface area contributed by atoms with Crippen LogP contribution in [0.25, 0.3) is 11.3 Å². The van der Waals surface area contributed by atoms with Crippen molar-refractivity contribution in [2.75, 3.05) is 11.9 Å². The van der Waals surface area contributed by atoms with Crippen LogP contribution in [0.4, 0.5) is 5.69 Å². The average molecular weight is 312 g/mol. The Morgan fingerprint density at radius 2 is 2.27 bits per heavy atom. The van der Waals surface area contributed by atoms with Crippen molar-refractivity contribution in [2.45, 2.75) is 17.7 Å². The molecule has 2 aromatic rings. The van der Waals surface area contributed by atoms with Gasteiger partial charge in [0.2, 0.25) is 0 Å². The average Bonchev–Trinajstić information content (AvgIpc) is 3.00. The molecule has 0 bridgehead atoms. The summed E-state index contributed by atoms with van der Waals surface area (Å²) in [6.45, 7) is 0.825. The molecule has 0 unspecified atom stereocenters. The molecule has 0 amide bonds. The van der Waals surface area contributed by atoms with Crippen molar-refractivity contribution in [3.63, 3.8) is 0 Å². The van der Waals surface area contributed by atoms with Crippen LogP contribution in [0.3, 0.4) is 0 Å². The number of benzene rings is 1. The fourth-order valence-electron chi connectivity index (χ4n) is 2.51. The van der Waals surface area contributed by atoms with Gasteiger partial charge in [-0.25, -0.2) is 4.98 Å². The second kappa shape index (κ2) is 6.85. The second-order valence-electron chi connectivity index (χ2n) is 5.36. The summed E-state index contributed by atoms with van der Waals surface area (Å²) in [5.74, 6) is 0. The van der Waals surface area contributed by atoms with Gasteiger partial charge in [-0.2, -0.15) is 0 Å². The zero-order valence-electron chi connectivity index (χ0n) is 12.6. The van der Waals surface area contributed by atoms with Crippen molar-refractivity contribution < 1.29 is 0 Å². The van der Waals surface area contributed by atoms with E-state index < -0.39 is 0 Å². The first kappa shape index (κ1) is 14.9. The highest BCUT2D eigenvalue weighted by atomic mass is 32.2. The van der Waals surface area contributed by atoms with Crippen LogP contribution in [0.1, 0.15) is 12.8 Å². The summed E-state index contributed by atoms with van der Waals surface area (Å²) >= 11 is 1.25. The molecule has 3 N–H and O–H groups in total. The molecule has 1 aromatic carbocycles. The zero-order chi connectivity index (χ0) is 15.4. The maximum absolute atomic E-state index is 5.70. The van der Waals surface area contributed by atoms with Gasteiger partial charge >= 0.3 is 0 Å². The lowest BCUT2D eigenvalue weighted by molar-refractivity contribution is 0.913. The number of imidazole rings is 1. The molecule has 0 aliphatic heterocycles. The maximum Gasteiger partial charge on any atom is 0.0951 e. The molecule has 114 valence electrons. The molecular weight excluding hydrogens is 292 g/mol. The van der Waals surface area contributed by atoms with Gasteiger partial charge in [0.05, 0.1) is 12.0 Å². The van der Waals surface area contributed by atoms with Gasteiger partial charge < -0.3 is 9.88 Å². The van der Waals surface area contributed by atoms with E-state index in [4.69, 9.17) is 5.14 Å². The summed E-state index contributed by atoms with van der Waals surface area (Å²) in [4.78, 5) is 5.49. The van der Waals surface area contributed by atoms with Crippen LogP contribution in [-0.2, 0) is 7.05 Å². The van der Waals surface area contributed by atoms with E-state index in [2.05, 4.69) is 40.7 Å². The highest BCUT2D eigenvalue weighted by Gasteiger charge is 2.09. The fraction of sp³-hybridized carbons (Fsp3) is 0.235. The van der Waals surface area contributed by atoms with Gasteiger partial charge in [-0.05, 0) is 48.6 Å². The van der Waals surface area contributed by atoms with Crippen molar-refractivity contribution in [3.8, 4) is 11.3 Å². The SMILES string of the molecule is Cn1cnc(-c2cc(SN)ccc2NCC2=CCCC=C2)c1. The van der Waals surface area contributed by atoms with E-state index in [-0.39, 0.29) is 0 Å². The lowest BCUT2D eigenvalue weighted by atomic mass is 10.1. The predicted octanol–water partition coefficient (Wildman–Crippen LogP) is 3.74. The number of hydrogen-bond acceptors (Lipinski definition) is 4. The smallest absolute Gasteiger partial charge is 0.0951 e. The Kier molecular flexibility index (Phi) is 4.65. The van der Waals surface area contributed by atoms with Crippen LogP contribution in [0.15, 0.2) is 59.4 Å². The topological polar surface area (TPSA) is 55.9 Å². The Bertz CT molecular complexity index is 715. The van der Waals surface area contributed by atoms with E-state index in [1.165, 1.54) is 17.5 Å². The van der Waals surface area contributed by atoms with E-state index in [0.29, 0.717) is 0 Å². The van der Waals surface area contributed by atoms with Crippen LogP contribution < -0.4 is 10.5 Å². The van der Waals surface area contributed by atoms with Gasteiger partial charge in [0, 0.05) is 35.9 Å². The van der Waals surface area contributed by atoms with Crippen LogP contribution in [0, 0.1) is 0 Å². The largest absolute Gasteiger partial charge is 0.380 e. The standard InChI is InChI=1S/C17H20N4S/c1-21-11-17(20-12-21)15-9-14(22-18)7-8-16(15)19-10-13-5-3-2-4-6-13/h3,5-9,11-12,19H,2,4,10,18H2,1H3. The second-order valence-corrected chi connectivity index (χ2v) is 6.07.